The van der Waals surface area contributed by atoms with Gasteiger partial charge in [-0.3, -0.25) is 4.99 Å². The number of aromatic nitrogens is 1. The van der Waals surface area contributed by atoms with E-state index >= 15 is 0 Å². The number of ether oxygens (including phenoxy) is 4. The molecule has 1 aromatic heterocycles. The number of aromatic hydroxyl groups is 1. The van der Waals surface area contributed by atoms with Gasteiger partial charge in [0.1, 0.15) is 6.10 Å². The molecule has 3 aromatic rings. The zero-order chi connectivity index (χ0) is 33.6. The van der Waals surface area contributed by atoms with E-state index in [9.17, 15) is 23.4 Å². The normalized spacial score (nSPS) is 21.1. The van der Waals surface area contributed by atoms with E-state index in [0.29, 0.717) is 36.2 Å². The summed E-state index contributed by atoms with van der Waals surface area (Å²) in [5.74, 6) is -0.255. The van der Waals surface area contributed by atoms with Gasteiger partial charge in [0.2, 0.25) is 10.0 Å². The number of carbonyl (C=O) groups excluding carboxylic acids is 1. The molecule has 2 fully saturated rings. The minimum Gasteiger partial charge on any atom is -0.494 e. The second-order valence-corrected chi connectivity index (χ2v) is 14.3. The van der Waals surface area contributed by atoms with Gasteiger partial charge in [-0.1, -0.05) is 50.2 Å². The fourth-order valence-electron chi connectivity index (χ4n) is 5.96. The summed E-state index contributed by atoms with van der Waals surface area (Å²) in [5.41, 5.74) is 1.71. The van der Waals surface area contributed by atoms with Crippen molar-refractivity contribution in [1.29, 1.82) is 0 Å². The Bertz CT molecular complexity index is 1630. The average molecular weight is 673 g/mol. The van der Waals surface area contributed by atoms with Crippen LogP contribution in [0, 0.1) is 11.8 Å². The number of alkyl carbamates (subject to hydrolysis) is 1. The van der Waals surface area contributed by atoms with Crippen molar-refractivity contribution in [1.82, 2.24) is 14.6 Å². The van der Waals surface area contributed by atoms with Gasteiger partial charge in [0, 0.05) is 31.8 Å². The van der Waals surface area contributed by atoms with Crippen molar-refractivity contribution in [2.24, 2.45) is 16.8 Å². The number of rotatable bonds is 15. The van der Waals surface area contributed by atoms with Gasteiger partial charge in [0.25, 0.3) is 0 Å². The lowest BCUT2D eigenvalue weighted by atomic mass is 10.0. The Balaban J connectivity index is 1.35. The average Bonchev–Trinajstić information content (AvgIpc) is 3.74. The highest BCUT2D eigenvalue weighted by molar-refractivity contribution is 7.89. The molecule has 256 valence electrons. The van der Waals surface area contributed by atoms with Crippen LogP contribution in [0.25, 0.3) is 10.9 Å². The highest BCUT2D eigenvalue weighted by atomic mass is 32.2. The minimum atomic E-state index is -4.13. The fraction of sp³-hybridized carbons (Fsp3) is 0.515. The molecule has 1 amide bonds. The van der Waals surface area contributed by atoms with Crippen LogP contribution in [0.1, 0.15) is 31.4 Å². The van der Waals surface area contributed by atoms with Crippen LogP contribution in [0.2, 0.25) is 0 Å². The van der Waals surface area contributed by atoms with Crippen molar-refractivity contribution >= 4 is 33.2 Å². The van der Waals surface area contributed by atoms with Gasteiger partial charge < -0.3 is 39.5 Å². The minimum absolute atomic E-state index is 0.0106. The maximum Gasteiger partial charge on any atom is 0.407 e. The Morgan fingerprint density at radius 3 is 2.72 bits per heavy atom. The van der Waals surface area contributed by atoms with Crippen molar-refractivity contribution < 1.29 is 42.4 Å². The second kappa shape index (κ2) is 15.6. The number of nitrogens with one attached hydrogen (secondary N) is 2. The van der Waals surface area contributed by atoms with Crippen LogP contribution in [-0.4, -0.2) is 111 Å². The summed E-state index contributed by atoms with van der Waals surface area (Å²) in [7, 11) is -2.55. The summed E-state index contributed by atoms with van der Waals surface area (Å²) < 4.78 is 51.2. The van der Waals surface area contributed by atoms with E-state index in [0.717, 1.165) is 12.0 Å². The number of hydrogen-bond acceptors (Lipinski definition) is 10. The first-order valence-corrected chi connectivity index (χ1v) is 17.3. The lowest BCUT2D eigenvalue weighted by molar-refractivity contribution is -0.0907. The van der Waals surface area contributed by atoms with Gasteiger partial charge in [-0.2, -0.15) is 4.31 Å². The van der Waals surface area contributed by atoms with Gasteiger partial charge in [-0.05, 0) is 36.5 Å². The number of fused-ring (bicyclic) bond motifs is 2. The summed E-state index contributed by atoms with van der Waals surface area (Å²) in [6.45, 7) is 5.20. The SMILES string of the molecule is COCCN=Cc1c(O)[nH]c2cc(S(=O)(=O)N(CC(C)C)C[C@@H](O)[C@H](Cc3ccccc3)NC(=O)O[C@H]3CO[C@@H]4OCC[C@@H]43)ccc12. The molecule has 0 spiro atoms. The lowest BCUT2D eigenvalue weighted by Gasteiger charge is -2.31. The summed E-state index contributed by atoms with van der Waals surface area (Å²) in [6, 6.07) is 13.0. The molecule has 0 unspecified atom stereocenters. The first-order valence-electron chi connectivity index (χ1n) is 15.8. The zero-order valence-electron chi connectivity index (χ0n) is 26.9. The van der Waals surface area contributed by atoms with E-state index in [-0.39, 0.29) is 55.0 Å². The van der Waals surface area contributed by atoms with Crippen LogP contribution in [-0.2, 0) is 35.4 Å². The number of H-pyrrole nitrogens is 1. The number of hydrogen-bond donors (Lipinski definition) is 4. The molecule has 2 saturated heterocycles. The molecule has 14 heteroatoms. The molecule has 0 saturated carbocycles. The van der Waals surface area contributed by atoms with Crippen molar-refractivity contribution in [2.75, 3.05) is 46.6 Å². The number of carbonyl (C=O) groups is 1. The molecular formula is C33H44N4O9S. The third-order valence-corrected chi connectivity index (χ3v) is 10.2. The van der Waals surface area contributed by atoms with Gasteiger partial charge in [0.15, 0.2) is 12.2 Å². The maximum absolute atomic E-state index is 14.1. The monoisotopic (exact) mass is 672 g/mol. The Labute approximate surface area is 274 Å². The number of sulfonamides is 1. The number of benzene rings is 2. The van der Waals surface area contributed by atoms with Crippen LogP contribution < -0.4 is 5.32 Å². The van der Waals surface area contributed by atoms with Crippen molar-refractivity contribution in [3.05, 3.63) is 59.7 Å². The smallest absolute Gasteiger partial charge is 0.407 e. The summed E-state index contributed by atoms with van der Waals surface area (Å²) in [5, 5.41) is 25.5. The molecule has 13 nitrogen and oxygen atoms in total. The number of aliphatic imine (C=N–C) groups is 1. The first-order chi connectivity index (χ1) is 22.6. The lowest BCUT2D eigenvalue weighted by Crippen LogP contribution is -2.51. The van der Waals surface area contributed by atoms with Crippen molar-refractivity contribution in [3.63, 3.8) is 0 Å². The van der Waals surface area contributed by atoms with Crippen LogP contribution in [0.3, 0.4) is 0 Å². The van der Waals surface area contributed by atoms with Crippen LogP contribution in [0.5, 0.6) is 5.88 Å². The molecule has 2 aromatic carbocycles. The third kappa shape index (κ3) is 8.50. The van der Waals surface area contributed by atoms with E-state index in [1.165, 1.54) is 22.7 Å². The predicted molar refractivity (Wildman–Crippen MR) is 175 cm³/mol. The molecule has 3 heterocycles. The van der Waals surface area contributed by atoms with Gasteiger partial charge in [0.05, 0.1) is 60.4 Å². The molecule has 0 radical (unpaired) electrons. The highest BCUT2D eigenvalue weighted by Crippen LogP contribution is 2.33. The number of methoxy groups -OCH3 is 1. The first kappa shape index (κ1) is 34.8. The molecular weight excluding hydrogens is 628 g/mol. The van der Waals surface area contributed by atoms with Crippen molar-refractivity contribution in [3.8, 4) is 5.88 Å². The third-order valence-electron chi connectivity index (χ3n) is 8.34. The van der Waals surface area contributed by atoms with E-state index in [4.69, 9.17) is 18.9 Å². The van der Waals surface area contributed by atoms with E-state index in [1.54, 1.807) is 13.2 Å². The quantitative estimate of drug-likeness (QED) is 0.140. The predicted octanol–water partition coefficient (Wildman–Crippen LogP) is 3.05. The Kier molecular flexibility index (Phi) is 11.5. The summed E-state index contributed by atoms with van der Waals surface area (Å²) in [4.78, 5) is 20.2. The molecule has 2 aliphatic rings. The molecule has 0 bridgehead atoms. The van der Waals surface area contributed by atoms with Crippen molar-refractivity contribution in [2.45, 2.75) is 56.1 Å². The second-order valence-electron chi connectivity index (χ2n) is 12.3. The highest BCUT2D eigenvalue weighted by Gasteiger charge is 2.44. The topological polar surface area (TPSA) is 172 Å². The molecule has 5 atom stereocenters. The Morgan fingerprint density at radius 2 is 1.98 bits per heavy atom. The fourth-order valence-corrected chi connectivity index (χ4v) is 7.61. The number of aliphatic hydroxyl groups is 1. The van der Waals surface area contributed by atoms with E-state index < -0.39 is 34.4 Å². The summed E-state index contributed by atoms with van der Waals surface area (Å²) >= 11 is 0. The number of amides is 1. The number of aliphatic hydroxyl groups excluding tert-OH is 1. The van der Waals surface area contributed by atoms with Gasteiger partial charge in [-0.25, -0.2) is 13.2 Å². The van der Waals surface area contributed by atoms with Gasteiger partial charge >= 0.3 is 6.09 Å². The zero-order valence-corrected chi connectivity index (χ0v) is 27.7. The molecule has 2 aliphatic heterocycles. The molecule has 0 aliphatic carbocycles. The largest absolute Gasteiger partial charge is 0.494 e. The summed E-state index contributed by atoms with van der Waals surface area (Å²) in [6.07, 6.45) is -0.386. The maximum atomic E-state index is 14.1. The van der Waals surface area contributed by atoms with Gasteiger partial charge in [-0.15, -0.1) is 0 Å². The van der Waals surface area contributed by atoms with Crippen LogP contribution in [0.15, 0.2) is 58.4 Å². The number of aromatic amines is 1. The molecule has 5 rings (SSSR count). The van der Waals surface area contributed by atoms with Crippen LogP contribution >= 0.6 is 0 Å². The van der Waals surface area contributed by atoms with E-state index in [2.05, 4.69) is 15.3 Å². The Hall–Kier alpha value is -3.53. The molecule has 4 N–H and O–H groups in total. The standard InChI is InChI=1S/C33H44N4O9S/c1-21(2)18-37(47(41,42)23-9-10-24-26(17-34-12-14-43-3)31(39)35-27(24)16-23)19-29(38)28(15-22-7-5-4-6-8-22)36-33(40)46-30-20-45-32-25(30)11-13-44-32/h4-10,16-17,21,25,28-30,32,35,38-39H,11-15,18-20H2,1-3H3,(H,36,40)/t25-,28+,29-,30+,32+/m1/s1. The molecule has 47 heavy (non-hydrogen) atoms. The van der Waals surface area contributed by atoms with Crippen LogP contribution in [0.4, 0.5) is 4.79 Å². The number of nitrogens with zero attached hydrogens (tertiary/aromatic N) is 2. The Morgan fingerprint density at radius 1 is 1.19 bits per heavy atom. The van der Waals surface area contributed by atoms with E-state index in [1.807, 2.05) is 44.2 Å².